The van der Waals surface area contributed by atoms with Crippen LogP contribution >= 0.6 is 11.6 Å². The Balaban J connectivity index is 1.96. The van der Waals surface area contributed by atoms with Gasteiger partial charge in [0.2, 0.25) is 11.8 Å². The molecule has 0 bridgehead atoms. The smallest absolute Gasteiger partial charge is 0.239 e. The lowest BCUT2D eigenvalue weighted by Gasteiger charge is -2.40. The van der Waals surface area contributed by atoms with Gasteiger partial charge in [-0.25, -0.2) is 0 Å². The topological polar surface area (TPSA) is 66.6 Å². The van der Waals surface area contributed by atoms with Crippen LogP contribution in [0.5, 0.6) is 0 Å². The summed E-state index contributed by atoms with van der Waals surface area (Å²) < 4.78 is 0. The van der Waals surface area contributed by atoms with Gasteiger partial charge in [-0.1, -0.05) is 23.7 Å². The van der Waals surface area contributed by atoms with E-state index in [-0.39, 0.29) is 17.9 Å². The molecule has 2 N–H and O–H groups in total. The Hall–Kier alpha value is -1.59. The van der Waals surface area contributed by atoms with E-state index in [9.17, 15) is 9.59 Å². The van der Waals surface area contributed by atoms with Gasteiger partial charge in [-0.2, -0.15) is 0 Å². The van der Waals surface area contributed by atoms with Gasteiger partial charge in [0.05, 0.1) is 12.5 Å². The lowest BCUT2D eigenvalue weighted by molar-refractivity contribution is -0.142. The van der Waals surface area contributed by atoms with Crippen LogP contribution in [-0.2, 0) is 16.0 Å². The maximum atomic E-state index is 12.5. The molecular weight excluding hydrogens is 302 g/mol. The maximum absolute atomic E-state index is 12.5. The minimum atomic E-state index is -0.499. The molecule has 1 aliphatic rings. The largest absolute Gasteiger partial charge is 0.338 e. The highest BCUT2D eigenvalue weighted by Gasteiger charge is 2.30. The van der Waals surface area contributed by atoms with Crippen molar-refractivity contribution in [2.45, 2.75) is 32.4 Å². The molecule has 2 atom stereocenters. The Morgan fingerprint density at radius 3 is 2.73 bits per heavy atom. The van der Waals surface area contributed by atoms with Crippen molar-refractivity contribution in [2.24, 2.45) is 5.73 Å². The molecule has 2 amide bonds. The summed E-state index contributed by atoms with van der Waals surface area (Å²) in [5.41, 5.74) is 6.54. The van der Waals surface area contributed by atoms with Crippen molar-refractivity contribution >= 4 is 23.4 Å². The van der Waals surface area contributed by atoms with E-state index in [2.05, 4.69) is 0 Å². The first-order valence-electron chi connectivity index (χ1n) is 7.46. The molecule has 1 unspecified atom stereocenters. The Labute approximate surface area is 136 Å². The number of halogens is 1. The fraction of sp³-hybridized carbons (Fsp3) is 0.500. The van der Waals surface area contributed by atoms with Gasteiger partial charge in [-0.15, -0.1) is 0 Å². The van der Waals surface area contributed by atoms with Crippen LogP contribution in [0, 0.1) is 0 Å². The third kappa shape index (κ3) is 3.99. The van der Waals surface area contributed by atoms with E-state index < -0.39 is 6.04 Å². The summed E-state index contributed by atoms with van der Waals surface area (Å²) in [6.45, 7) is 5.24. The van der Waals surface area contributed by atoms with Crippen molar-refractivity contribution in [3.63, 3.8) is 0 Å². The molecule has 120 valence electrons. The summed E-state index contributed by atoms with van der Waals surface area (Å²) in [6, 6.07) is 6.82. The zero-order chi connectivity index (χ0) is 16.3. The van der Waals surface area contributed by atoms with Crippen LogP contribution in [0.1, 0.15) is 19.4 Å². The van der Waals surface area contributed by atoms with Crippen LogP contribution in [0.3, 0.4) is 0 Å². The highest BCUT2D eigenvalue weighted by Crippen LogP contribution is 2.15. The maximum Gasteiger partial charge on any atom is 0.239 e. The number of hydrogen-bond acceptors (Lipinski definition) is 3. The molecule has 2 rings (SSSR count). The zero-order valence-electron chi connectivity index (χ0n) is 13.0. The van der Waals surface area contributed by atoms with E-state index in [1.54, 1.807) is 24.0 Å². The number of nitrogens with two attached hydrogens (primary N) is 1. The zero-order valence-corrected chi connectivity index (χ0v) is 13.7. The third-order valence-electron chi connectivity index (χ3n) is 3.89. The van der Waals surface area contributed by atoms with Gasteiger partial charge >= 0.3 is 0 Å². The molecule has 6 heteroatoms. The molecule has 5 nitrogen and oxygen atoms in total. The summed E-state index contributed by atoms with van der Waals surface area (Å²) in [5.74, 6) is -0.00328. The average Bonchev–Trinajstić information content (AvgIpc) is 2.46. The van der Waals surface area contributed by atoms with Crippen molar-refractivity contribution < 1.29 is 9.59 Å². The molecular formula is C16H22ClN3O2. The number of hydrogen-bond donors (Lipinski definition) is 1. The van der Waals surface area contributed by atoms with Crippen LogP contribution in [-0.4, -0.2) is 53.3 Å². The molecule has 1 aromatic carbocycles. The number of piperazine rings is 1. The predicted octanol–water partition coefficient (Wildman–Crippen LogP) is 1.29. The van der Waals surface area contributed by atoms with E-state index in [0.717, 1.165) is 5.56 Å². The summed E-state index contributed by atoms with van der Waals surface area (Å²) in [5, 5.41) is 0.630. The molecule has 0 saturated carbocycles. The van der Waals surface area contributed by atoms with Gasteiger partial charge in [0.15, 0.2) is 0 Å². The minimum absolute atomic E-state index is 0.0110. The van der Waals surface area contributed by atoms with Crippen molar-refractivity contribution in [1.82, 2.24) is 9.80 Å². The highest BCUT2D eigenvalue weighted by molar-refractivity contribution is 6.30. The molecule has 1 aromatic rings. The van der Waals surface area contributed by atoms with E-state index in [1.807, 2.05) is 24.0 Å². The normalized spacial score (nSPS) is 19.9. The van der Waals surface area contributed by atoms with Crippen molar-refractivity contribution in [2.75, 3.05) is 19.6 Å². The highest BCUT2D eigenvalue weighted by atomic mass is 35.5. The molecule has 1 heterocycles. The standard InChI is InChI=1S/C16H22ClN3O2/c1-11-10-19(16(22)12(2)18)6-7-20(11)15(21)9-13-4-3-5-14(17)8-13/h3-5,8,11-12H,6-7,9-10,18H2,1-2H3/t11?,12-/m1/s1. The van der Waals surface area contributed by atoms with E-state index >= 15 is 0 Å². The number of benzene rings is 1. The number of amides is 2. The number of rotatable bonds is 3. The lowest BCUT2D eigenvalue weighted by atomic mass is 10.1. The van der Waals surface area contributed by atoms with E-state index in [0.29, 0.717) is 31.1 Å². The van der Waals surface area contributed by atoms with Crippen molar-refractivity contribution in [1.29, 1.82) is 0 Å². The van der Waals surface area contributed by atoms with Gasteiger partial charge in [0.1, 0.15) is 0 Å². The van der Waals surface area contributed by atoms with Gasteiger partial charge in [0, 0.05) is 30.7 Å². The second kappa shape index (κ2) is 7.11. The first kappa shape index (κ1) is 16.8. The van der Waals surface area contributed by atoms with Gasteiger partial charge in [-0.3, -0.25) is 9.59 Å². The quantitative estimate of drug-likeness (QED) is 0.911. The molecule has 0 radical (unpaired) electrons. The predicted molar refractivity (Wildman–Crippen MR) is 86.6 cm³/mol. The number of nitrogens with zero attached hydrogens (tertiary/aromatic N) is 2. The molecule has 1 fully saturated rings. The molecule has 0 aromatic heterocycles. The molecule has 22 heavy (non-hydrogen) atoms. The first-order chi connectivity index (χ1) is 10.4. The van der Waals surface area contributed by atoms with Crippen LogP contribution in [0.2, 0.25) is 5.02 Å². The Bertz CT molecular complexity index is 562. The van der Waals surface area contributed by atoms with Crippen molar-refractivity contribution in [3.8, 4) is 0 Å². The summed E-state index contributed by atoms with van der Waals surface area (Å²) >= 11 is 5.95. The second-order valence-electron chi connectivity index (χ2n) is 5.82. The van der Waals surface area contributed by atoms with E-state index in [4.69, 9.17) is 17.3 Å². The van der Waals surface area contributed by atoms with Crippen LogP contribution in [0.15, 0.2) is 24.3 Å². The first-order valence-corrected chi connectivity index (χ1v) is 7.84. The third-order valence-corrected chi connectivity index (χ3v) is 4.13. The van der Waals surface area contributed by atoms with Gasteiger partial charge in [0.25, 0.3) is 0 Å². The minimum Gasteiger partial charge on any atom is -0.338 e. The van der Waals surface area contributed by atoms with E-state index in [1.165, 1.54) is 0 Å². The van der Waals surface area contributed by atoms with Gasteiger partial charge < -0.3 is 15.5 Å². The Morgan fingerprint density at radius 1 is 1.41 bits per heavy atom. The number of carbonyl (C=O) groups is 2. The summed E-state index contributed by atoms with van der Waals surface area (Å²) in [7, 11) is 0. The van der Waals surface area contributed by atoms with Crippen LogP contribution in [0.4, 0.5) is 0 Å². The summed E-state index contributed by atoms with van der Waals surface area (Å²) in [6.07, 6.45) is 0.326. The average molecular weight is 324 g/mol. The van der Waals surface area contributed by atoms with Crippen molar-refractivity contribution in [3.05, 3.63) is 34.9 Å². The Morgan fingerprint density at radius 2 is 2.14 bits per heavy atom. The van der Waals surface area contributed by atoms with Crippen LogP contribution in [0.25, 0.3) is 0 Å². The fourth-order valence-corrected chi connectivity index (χ4v) is 2.95. The monoisotopic (exact) mass is 323 g/mol. The summed E-state index contributed by atoms with van der Waals surface area (Å²) in [4.78, 5) is 27.9. The molecule has 1 aliphatic heterocycles. The van der Waals surface area contributed by atoms with Gasteiger partial charge in [-0.05, 0) is 31.5 Å². The van der Waals surface area contributed by atoms with Crippen LogP contribution < -0.4 is 5.73 Å². The number of carbonyl (C=O) groups excluding carboxylic acids is 2. The molecule has 0 spiro atoms. The SMILES string of the molecule is CC1CN(C(=O)[C@@H](C)N)CCN1C(=O)Cc1cccc(Cl)c1. The second-order valence-corrected chi connectivity index (χ2v) is 6.25. The molecule has 1 saturated heterocycles. The Kier molecular flexibility index (Phi) is 5.42. The fourth-order valence-electron chi connectivity index (χ4n) is 2.74. The lowest BCUT2D eigenvalue weighted by Crippen LogP contribution is -2.57. The molecule has 0 aliphatic carbocycles.